The third-order valence-electron chi connectivity index (χ3n) is 0.368. The number of hydrogen-bond donors (Lipinski definition) is 3. The lowest BCUT2D eigenvalue weighted by atomic mass is 10.8. The van der Waals surface area contributed by atoms with Crippen molar-refractivity contribution < 1.29 is 23.9 Å². The first-order valence-electron chi connectivity index (χ1n) is 2.76. The van der Waals surface area contributed by atoms with E-state index in [1.54, 1.807) is 6.92 Å². The fourth-order valence-electron chi connectivity index (χ4n) is 0.123. The molecule has 6 heteroatoms. The summed E-state index contributed by atoms with van der Waals surface area (Å²) < 4.78 is 13.7. The van der Waals surface area contributed by atoms with Gasteiger partial charge in [-0.3, -0.25) is 4.46 Å². The molecule has 0 amide bonds. The highest BCUT2D eigenvalue weighted by atomic mass is 28.3. The van der Waals surface area contributed by atoms with Gasteiger partial charge in [0.05, 0.1) is 19.8 Å². The monoisotopic (exact) mass is 168 g/mol. The van der Waals surface area contributed by atoms with Gasteiger partial charge < -0.3 is 19.4 Å². The molecule has 0 saturated heterocycles. The summed E-state index contributed by atoms with van der Waals surface area (Å²) in [6.07, 6.45) is 0. The van der Waals surface area contributed by atoms with E-state index in [4.69, 9.17) is 15.0 Å². The lowest BCUT2D eigenvalue weighted by Gasteiger charge is -1.86. The van der Waals surface area contributed by atoms with Crippen molar-refractivity contribution in [1.82, 2.24) is 0 Å². The van der Waals surface area contributed by atoms with Gasteiger partial charge in [0.15, 0.2) is 0 Å². The normalized spacial score (nSPS) is 7.50. The topological polar surface area (TPSA) is 87.0 Å². The van der Waals surface area contributed by atoms with Crippen LogP contribution in [0.5, 0.6) is 0 Å². The van der Waals surface area contributed by atoms with E-state index in [9.17, 15) is 4.46 Å². The Labute approximate surface area is 60.8 Å². The molecule has 0 saturated carbocycles. The van der Waals surface area contributed by atoms with Crippen LogP contribution >= 0.6 is 0 Å². The molecule has 3 N–H and O–H groups in total. The SMILES string of the molecule is CCO[Si](=O)O.OCCO. The molecule has 5 nitrogen and oxygen atoms in total. The average Bonchev–Trinajstić information content (AvgIpc) is 1.89. The van der Waals surface area contributed by atoms with Crippen molar-refractivity contribution in [3.05, 3.63) is 0 Å². The number of hydrogen-bond acceptors (Lipinski definition) is 4. The molecule has 0 aliphatic rings. The van der Waals surface area contributed by atoms with Gasteiger partial charge in [-0.15, -0.1) is 0 Å². The van der Waals surface area contributed by atoms with Crippen LogP contribution in [0.1, 0.15) is 6.92 Å². The molecule has 0 aromatic carbocycles. The van der Waals surface area contributed by atoms with Gasteiger partial charge in [0, 0.05) is 0 Å². The lowest BCUT2D eigenvalue weighted by Crippen LogP contribution is -2.03. The smallest absolute Gasteiger partial charge is 0.511 e. The van der Waals surface area contributed by atoms with Gasteiger partial charge in [0.1, 0.15) is 0 Å². The van der Waals surface area contributed by atoms with Crippen LogP contribution in [-0.4, -0.2) is 44.0 Å². The van der Waals surface area contributed by atoms with Crippen LogP contribution in [0.4, 0.5) is 0 Å². The zero-order chi connectivity index (χ0) is 8.41. The minimum absolute atomic E-state index is 0.125. The highest BCUT2D eigenvalue weighted by Gasteiger charge is 1.97. The van der Waals surface area contributed by atoms with Crippen LogP contribution in [0.2, 0.25) is 0 Å². The fraction of sp³-hybridized carbons (Fsp3) is 1.00. The minimum atomic E-state index is -2.64. The molecule has 0 bridgehead atoms. The van der Waals surface area contributed by atoms with Gasteiger partial charge >= 0.3 is 9.17 Å². The predicted molar refractivity (Wildman–Crippen MR) is 34.5 cm³/mol. The third kappa shape index (κ3) is 25.7. The molecule has 0 aliphatic carbocycles. The largest absolute Gasteiger partial charge is 0.764 e. The molecular weight excluding hydrogens is 156 g/mol. The van der Waals surface area contributed by atoms with E-state index in [2.05, 4.69) is 4.43 Å². The minimum Gasteiger partial charge on any atom is -0.511 e. The van der Waals surface area contributed by atoms with Crippen LogP contribution in [0.25, 0.3) is 0 Å². The number of rotatable bonds is 3. The summed E-state index contributed by atoms with van der Waals surface area (Å²) >= 11 is 0. The Morgan fingerprint density at radius 2 is 1.80 bits per heavy atom. The van der Waals surface area contributed by atoms with Crippen LogP contribution in [-0.2, 0) is 8.89 Å². The van der Waals surface area contributed by atoms with E-state index in [-0.39, 0.29) is 13.2 Å². The summed E-state index contributed by atoms with van der Waals surface area (Å²) in [7, 11) is -2.64. The Morgan fingerprint density at radius 1 is 1.40 bits per heavy atom. The van der Waals surface area contributed by atoms with E-state index >= 15 is 0 Å². The second kappa shape index (κ2) is 11.3. The van der Waals surface area contributed by atoms with E-state index < -0.39 is 9.17 Å². The zero-order valence-corrected chi connectivity index (χ0v) is 6.78. The lowest BCUT2D eigenvalue weighted by molar-refractivity contribution is 0.186. The van der Waals surface area contributed by atoms with Crippen molar-refractivity contribution in [2.45, 2.75) is 6.92 Å². The summed E-state index contributed by atoms with van der Waals surface area (Å²) in [6, 6.07) is 0. The maximum atomic E-state index is 9.56. The third-order valence-corrected chi connectivity index (χ3v) is 0.903. The molecule has 0 heterocycles. The summed E-state index contributed by atoms with van der Waals surface area (Å²) in [4.78, 5) is 7.88. The Balaban J connectivity index is 0. The number of aliphatic hydroxyl groups is 2. The Bertz CT molecular complexity index is 74.0. The average molecular weight is 168 g/mol. The van der Waals surface area contributed by atoms with Crippen molar-refractivity contribution in [1.29, 1.82) is 0 Å². The predicted octanol–water partition coefficient (Wildman–Crippen LogP) is -1.60. The molecule has 62 valence electrons. The standard InChI is InChI=1S/C2H6O3Si.C2H6O2/c1-2-5-6(3)4;3-1-2-4/h3H,2H2,1H3;3-4H,1-2H2. The maximum Gasteiger partial charge on any atom is 0.764 e. The molecule has 10 heavy (non-hydrogen) atoms. The van der Waals surface area contributed by atoms with Gasteiger partial charge in [-0.2, -0.15) is 0 Å². The molecular formula is C4H12O5Si. The van der Waals surface area contributed by atoms with Gasteiger partial charge in [-0.05, 0) is 6.92 Å². The zero-order valence-electron chi connectivity index (χ0n) is 5.78. The van der Waals surface area contributed by atoms with Gasteiger partial charge in [-0.25, -0.2) is 0 Å². The van der Waals surface area contributed by atoms with Crippen molar-refractivity contribution in [2.75, 3.05) is 19.8 Å². The Morgan fingerprint density at radius 3 is 1.80 bits per heavy atom. The van der Waals surface area contributed by atoms with E-state index in [1.807, 2.05) is 0 Å². The number of aliphatic hydroxyl groups excluding tert-OH is 2. The fourth-order valence-corrected chi connectivity index (χ4v) is 0.370. The molecule has 0 atom stereocenters. The summed E-state index contributed by atoms with van der Waals surface area (Å²) in [6.45, 7) is 1.73. The first-order valence-corrected chi connectivity index (χ1v) is 4.02. The molecule has 0 fully saturated rings. The van der Waals surface area contributed by atoms with Crippen molar-refractivity contribution in [3.63, 3.8) is 0 Å². The summed E-state index contributed by atoms with van der Waals surface area (Å²) in [5.41, 5.74) is 0. The van der Waals surface area contributed by atoms with E-state index in [1.165, 1.54) is 0 Å². The second-order valence-corrected chi connectivity index (χ2v) is 1.97. The Hall–Kier alpha value is -0.463. The van der Waals surface area contributed by atoms with Crippen LogP contribution in [0, 0.1) is 0 Å². The highest BCUT2D eigenvalue weighted by Crippen LogP contribution is 1.63. The molecule has 0 radical (unpaired) electrons. The van der Waals surface area contributed by atoms with E-state index in [0.29, 0.717) is 6.61 Å². The highest BCUT2D eigenvalue weighted by molar-refractivity contribution is 6.24. The molecule has 0 aliphatic heterocycles. The van der Waals surface area contributed by atoms with Crippen molar-refractivity contribution >= 4 is 9.17 Å². The van der Waals surface area contributed by atoms with Crippen LogP contribution < -0.4 is 0 Å². The summed E-state index contributed by atoms with van der Waals surface area (Å²) in [5.74, 6) is 0. The van der Waals surface area contributed by atoms with Crippen molar-refractivity contribution in [2.24, 2.45) is 0 Å². The maximum absolute atomic E-state index is 9.56. The van der Waals surface area contributed by atoms with Crippen molar-refractivity contribution in [3.8, 4) is 0 Å². The summed E-state index contributed by atoms with van der Waals surface area (Å²) in [5, 5.41) is 15.2. The first kappa shape index (κ1) is 12.2. The van der Waals surface area contributed by atoms with E-state index in [0.717, 1.165) is 0 Å². The molecule has 0 aromatic rings. The molecule has 0 unspecified atom stereocenters. The van der Waals surface area contributed by atoms with Crippen LogP contribution in [0.15, 0.2) is 0 Å². The molecule has 0 spiro atoms. The molecule has 0 rings (SSSR count). The molecule has 0 aromatic heterocycles. The quantitative estimate of drug-likeness (QED) is 0.442. The van der Waals surface area contributed by atoms with Crippen LogP contribution in [0.3, 0.4) is 0 Å². The second-order valence-electron chi connectivity index (χ2n) is 1.15. The Kier molecular flexibility index (Phi) is 13.9. The van der Waals surface area contributed by atoms with Gasteiger partial charge in [0.2, 0.25) is 0 Å². The van der Waals surface area contributed by atoms with Gasteiger partial charge in [0.25, 0.3) is 0 Å². The first-order chi connectivity index (χ1) is 4.68. The van der Waals surface area contributed by atoms with Gasteiger partial charge in [-0.1, -0.05) is 0 Å².